The van der Waals surface area contributed by atoms with E-state index < -0.39 is 5.54 Å². The van der Waals surface area contributed by atoms with Crippen molar-refractivity contribution in [3.63, 3.8) is 0 Å². The van der Waals surface area contributed by atoms with Gasteiger partial charge in [-0.15, -0.1) is 0 Å². The first-order valence-corrected chi connectivity index (χ1v) is 7.69. The van der Waals surface area contributed by atoms with E-state index >= 15 is 0 Å². The molecule has 1 N–H and O–H groups in total. The van der Waals surface area contributed by atoms with Crippen molar-refractivity contribution >= 4 is 11.7 Å². The van der Waals surface area contributed by atoms with Crippen molar-refractivity contribution in [2.24, 2.45) is 0 Å². The predicted molar refractivity (Wildman–Crippen MR) is 86.8 cm³/mol. The average Bonchev–Trinajstić information content (AvgIpc) is 3.00. The van der Waals surface area contributed by atoms with Crippen molar-refractivity contribution in [3.05, 3.63) is 41.5 Å². The molecule has 0 aliphatic carbocycles. The number of amides is 1. The van der Waals surface area contributed by atoms with E-state index in [4.69, 9.17) is 9.26 Å². The smallest absolute Gasteiger partial charge is 0.258 e. The minimum atomic E-state index is -0.768. The lowest BCUT2D eigenvalue weighted by molar-refractivity contribution is -0.124. The van der Waals surface area contributed by atoms with Crippen LogP contribution in [0.3, 0.4) is 0 Å². The van der Waals surface area contributed by atoms with Crippen LogP contribution in [-0.2, 0) is 10.3 Å². The number of aryl methyl sites for hydroxylation is 1. The molecular weight excluding hydrogens is 310 g/mol. The Morgan fingerprint density at radius 1 is 1.25 bits per heavy atom. The molecule has 0 atom stereocenters. The topological polar surface area (TPSA) is 94.3 Å². The van der Waals surface area contributed by atoms with Gasteiger partial charge in [0, 0.05) is 18.9 Å². The third kappa shape index (κ3) is 4.41. The number of nitrogens with one attached hydrogen (secondary N) is 1. The van der Waals surface area contributed by atoms with E-state index in [0.717, 1.165) is 0 Å². The highest BCUT2D eigenvalue weighted by atomic mass is 16.5. The summed E-state index contributed by atoms with van der Waals surface area (Å²) >= 11 is 0. The Kier molecular flexibility index (Phi) is 5.33. The number of carbonyl (C=O) groups excluding carboxylic acids is 2. The minimum Gasteiger partial charge on any atom is -0.484 e. The molecule has 0 aliphatic heterocycles. The molecule has 2 rings (SSSR count). The van der Waals surface area contributed by atoms with E-state index in [-0.39, 0.29) is 18.3 Å². The third-order valence-corrected chi connectivity index (χ3v) is 3.41. The van der Waals surface area contributed by atoms with Crippen LogP contribution in [0.15, 0.2) is 28.8 Å². The van der Waals surface area contributed by atoms with Gasteiger partial charge in [0.05, 0.1) is 5.54 Å². The normalized spacial score (nSPS) is 11.2. The second kappa shape index (κ2) is 7.25. The van der Waals surface area contributed by atoms with E-state index in [9.17, 15) is 9.59 Å². The maximum atomic E-state index is 12.1. The van der Waals surface area contributed by atoms with Gasteiger partial charge in [-0.3, -0.25) is 9.59 Å². The van der Waals surface area contributed by atoms with E-state index in [2.05, 4.69) is 15.5 Å². The molecule has 0 spiro atoms. The Hall–Kier alpha value is -2.70. The molecule has 0 aliphatic rings. The first-order valence-electron chi connectivity index (χ1n) is 7.69. The summed E-state index contributed by atoms with van der Waals surface area (Å²) < 4.78 is 10.4. The van der Waals surface area contributed by atoms with Gasteiger partial charge in [-0.25, -0.2) is 0 Å². The summed E-state index contributed by atoms with van der Waals surface area (Å²) in [4.78, 5) is 27.7. The zero-order valence-electron chi connectivity index (χ0n) is 14.3. The molecule has 7 heteroatoms. The maximum Gasteiger partial charge on any atom is 0.258 e. The summed E-state index contributed by atoms with van der Waals surface area (Å²) in [6, 6.07) is 6.71. The lowest BCUT2D eigenvalue weighted by Crippen LogP contribution is -2.44. The van der Waals surface area contributed by atoms with Crippen LogP contribution in [0.4, 0.5) is 0 Å². The van der Waals surface area contributed by atoms with Gasteiger partial charge in [0.25, 0.3) is 5.91 Å². The van der Waals surface area contributed by atoms with Gasteiger partial charge in [-0.2, -0.15) is 4.98 Å². The molecule has 1 aromatic heterocycles. The number of Topliss-reactive ketones (excluding diaryl/α,β-unsaturated/α-hetero) is 1. The van der Waals surface area contributed by atoms with Gasteiger partial charge >= 0.3 is 0 Å². The zero-order valence-corrected chi connectivity index (χ0v) is 14.3. The van der Waals surface area contributed by atoms with Crippen LogP contribution in [0.1, 0.15) is 49.3 Å². The number of rotatable bonds is 7. The van der Waals surface area contributed by atoms with Crippen LogP contribution in [0, 0.1) is 6.92 Å². The highest BCUT2D eigenvalue weighted by Crippen LogP contribution is 2.17. The molecule has 0 unspecified atom stereocenters. The highest BCUT2D eigenvalue weighted by Gasteiger charge is 2.28. The SMILES string of the molecule is CCC(=O)c1ccc(OCC(=O)NC(C)(C)c2noc(C)n2)cc1. The molecule has 0 radical (unpaired) electrons. The van der Waals surface area contributed by atoms with Gasteiger partial charge < -0.3 is 14.6 Å². The van der Waals surface area contributed by atoms with Gasteiger partial charge in [-0.05, 0) is 38.1 Å². The van der Waals surface area contributed by atoms with Crippen LogP contribution in [-0.4, -0.2) is 28.4 Å². The first-order chi connectivity index (χ1) is 11.3. The Morgan fingerprint density at radius 3 is 2.46 bits per heavy atom. The number of aromatic nitrogens is 2. The van der Waals surface area contributed by atoms with E-state index in [1.165, 1.54) is 0 Å². The van der Waals surface area contributed by atoms with E-state index in [1.54, 1.807) is 45.0 Å². The van der Waals surface area contributed by atoms with Crippen molar-refractivity contribution in [2.75, 3.05) is 6.61 Å². The number of benzene rings is 1. The molecule has 128 valence electrons. The van der Waals surface area contributed by atoms with Crippen molar-refractivity contribution in [3.8, 4) is 5.75 Å². The Balaban J connectivity index is 1.90. The Morgan fingerprint density at radius 2 is 1.92 bits per heavy atom. The first kappa shape index (κ1) is 17.7. The van der Waals surface area contributed by atoms with Crippen molar-refractivity contribution in [1.82, 2.24) is 15.5 Å². The monoisotopic (exact) mass is 331 g/mol. The summed E-state index contributed by atoms with van der Waals surface area (Å²) in [6.45, 7) is 6.90. The van der Waals surface area contributed by atoms with Crippen molar-refractivity contribution in [2.45, 2.75) is 39.7 Å². The van der Waals surface area contributed by atoms with Gasteiger partial charge in [0.1, 0.15) is 5.75 Å². The summed E-state index contributed by atoms with van der Waals surface area (Å²) in [5.41, 5.74) is -0.141. The van der Waals surface area contributed by atoms with Crippen molar-refractivity contribution in [1.29, 1.82) is 0 Å². The van der Waals surface area contributed by atoms with Gasteiger partial charge in [0.2, 0.25) is 5.89 Å². The highest BCUT2D eigenvalue weighted by molar-refractivity contribution is 5.95. The largest absolute Gasteiger partial charge is 0.484 e. The van der Waals surface area contributed by atoms with Crippen LogP contribution in [0.5, 0.6) is 5.75 Å². The number of hydrogen-bond donors (Lipinski definition) is 1. The summed E-state index contributed by atoms with van der Waals surface area (Å²) in [5, 5.41) is 6.61. The molecule has 7 nitrogen and oxygen atoms in total. The predicted octanol–water partition coefficient (Wildman–Crippen LogP) is 2.40. The molecule has 1 aromatic carbocycles. The quantitative estimate of drug-likeness (QED) is 0.783. The number of nitrogens with zero attached hydrogens (tertiary/aromatic N) is 2. The van der Waals surface area contributed by atoms with Crippen LogP contribution in [0.2, 0.25) is 0 Å². The standard InChI is InChI=1S/C17H21N3O4/c1-5-14(21)12-6-8-13(9-7-12)23-10-15(22)19-17(3,4)16-18-11(2)24-20-16/h6-9H,5,10H2,1-4H3,(H,19,22). The molecular formula is C17H21N3O4. The number of ether oxygens (including phenoxy) is 1. The molecule has 0 saturated heterocycles. The summed E-state index contributed by atoms with van der Waals surface area (Å²) in [6.07, 6.45) is 0.452. The Bertz CT molecular complexity index is 720. The average molecular weight is 331 g/mol. The van der Waals surface area contributed by atoms with Gasteiger partial charge in [0.15, 0.2) is 18.2 Å². The number of hydrogen-bond acceptors (Lipinski definition) is 6. The number of carbonyl (C=O) groups is 2. The van der Waals surface area contributed by atoms with Crippen molar-refractivity contribution < 1.29 is 18.8 Å². The second-order valence-electron chi connectivity index (χ2n) is 5.90. The van der Waals surface area contributed by atoms with E-state index in [1.807, 2.05) is 6.92 Å². The Labute approximate surface area is 140 Å². The fraction of sp³-hybridized carbons (Fsp3) is 0.412. The molecule has 0 fully saturated rings. The molecule has 24 heavy (non-hydrogen) atoms. The maximum absolute atomic E-state index is 12.1. The molecule has 1 amide bonds. The van der Waals surface area contributed by atoms with Crippen LogP contribution >= 0.6 is 0 Å². The fourth-order valence-corrected chi connectivity index (χ4v) is 2.08. The zero-order chi connectivity index (χ0) is 17.7. The molecule has 0 bridgehead atoms. The van der Waals surface area contributed by atoms with Crippen LogP contribution in [0.25, 0.3) is 0 Å². The minimum absolute atomic E-state index is 0.0662. The molecule has 0 saturated carbocycles. The third-order valence-electron chi connectivity index (χ3n) is 3.41. The summed E-state index contributed by atoms with van der Waals surface area (Å²) in [7, 11) is 0. The van der Waals surface area contributed by atoms with E-state index in [0.29, 0.717) is 29.4 Å². The lowest BCUT2D eigenvalue weighted by Gasteiger charge is -2.22. The number of ketones is 1. The second-order valence-corrected chi connectivity index (χ2v) is 5.90. The lowest BCUT2D eigenvalue weighted by atomic mass is 10.1. The summed E-state index contributed by atoms with van der Waals surface area (Å²) in [5.74, 6) is 1.11. The molecule has 1 heterocycles. The van der Waals surface area contributed by atoms with Crippen LogP contribution < -0.4 is 10.1 Å². The molecule has 2 aromatic rings. The van der Waals surface area contributed by atoms with Gasteiger partial charge in [-0.1, -0.05) is 12.1 Å². The fourth-order valence-electron chi connectivity index (χ4n) is 2.08.